The summed E-state index contributed by atoms with van der Waals surface area (Å²) in [5.41, 5.74) is 5.70. The van der Waals surface area contributed by atoms with E-state index in [9.17, 15) is 0 Å². The van der Waals surface area contributed by atoms with Gasteiger partial charge in [0.25, 0.3) is 0 Å². The van der Waals surface area contributed by atoms with Gasteiger partial charge in [0.05, 0.1) is 23.0 Å². The molecule has 2 aliphatic heterocycles. The van der Waals surface area contributed by atoms with Crippen LogP contribution in [0.4, 0.5) is 22.7 Å². The molecule has 0 spiro atoms. The largest absolute Gasteiger partial charge is 0.368 e. The summed E-state index contributed by atoms with van der Waals surface area (Å²) >= 11 is 0. The van der Waals surface area contributed by atoms with Gasteiger partial charge in [-0.05, 0) is 30.3 Å². The summed E-state index contributed by atoms with van der Waals surface area (Å²) in [6.45, 7) is 3.99. The Bertz CT molecular complexity index is 813. The molecule has 2 aromatic rings. The summed E-state index contributed by atoms with van der Waals surface area (Å²) in [7, 11) is 0. The number of nitrogens with zero attached hydrogens (tertiary/aromatic N) is 3. The second-order valence-corrected chi connectivity index (χ2v) is 5.70. The molecule has 0 bridgehead atoms. The Labute approximate surface area is 135 Å². The highest BCUT2D eigenvalue weighted by Crippen LogP contribution is 2.36. The zero-order valence-electron chi connectivity index (χ0n) is 12.7. The molecular weight excluding hydrogens is 286 g/mol. The number of aliphatic imine (C=N–C) groups is 1. The van der Waals surface area contributed by atoms with E-state index in [1.54, 1.807) is 0 Å². The molecule has 5 heteroatoms. The Kier molecular flexibility index (Phi) is 3.45. The molecule has 2 heterocycles. The molecule has 5 nitrogen and oxygen atoms in total. The predicted molar refractivity (Wildman–Crippen MR) is 93.2 cm³/mol. The number of anilines is 3. The molecule has 4 rings (SSSR count). The molecule has 0 atom stereocenters. The van der Waals surface area contributed by atoms with Crippen LogP contribution in [0.1, 0.15) is 11.1 Å². The summed E-state index contributed by atoms with van der Waals surface area (Å²) in [6, 6.07) is 14.0. The molecule has 1 saturated heterocycles. The average molecular weight is 303 g/mol. The van der Waals surface area contributed by atoms with Crippen molar-refractivity contribution < 1.29 is 0 Å². The third-order valence-corrected chi connectivity index (χ3v) is 4.27. The van der Waals surface area contributed by atoms with Gasteiger partial charge in [0.1, 0.15) is 0 Å². The Morgan fingerprint density at radius 3 is 2.78 bits per heavy atom. The maximum Gasteiger partial charge on any atom is 0.0992 e. The first-order valence-electron chi connectivity index (χ1n) is 7.79. The number of fused-ring (bicyclic) bond motifs is 2. The number of benzene rings is 2. The Morgan fingerprint density at radius 2 is 1.96 bits per heavy atom. The standard InChI is InChI=1S/C18H17N5/c19-11-13-4-5-16-17(10-13)21-12-14-15(22-16)2-1-3-18(14)23-8-6-20-7-9-23/h1-5,10,12,20,22H,6-9H2. The lowest BCUT2D eigenvalue weighted by molar-refractivity contribution is 0.589. The number of hydrogen-bond donors (Lipinski definition) is 2. The van der Waals surface area contributed by atoms with Crippen LogP contribution in [0.3, 0.4) is 0 Å². The minimum Gasteiger partial charge on any atom is -0.368 e. The number of nitrogens with one attached hydrogen (secondary N) is 2. The number of piperazine rings is 1. The summed E-state index contributed by atoms with van der Waals surface area (Å²) < 4.78 is 0. The number of hydrogen-bond acceptors (Lipinski definition) is 5. The quantitative estimate of drug-likeness (QED) is 0.725. The van der Waals surface area contributed by atoms with Gasteiger partial charge in [-0.1, -0.05) is 6.07 Å². The van der Waals surface area contributed by atoms with E-state index in [4.69, 9.17) is 5.26 Å². The van der Waals surface area contributed by atoms with Crippen molar-refractivity contribution >= 4 is 29.0 Å². The van der Waals surface area contributed by atoms with Crippen molar-refractivity contribution in [1.29, 1.82) is 5.26 Å². The van der Waals surface area contributed by atoms with Crippen molar-refractivity contribution in [3.05, 3.63) is 47.5 Å². The van der Waals surface area contributed by atoms with Crippen LogP contribution in [0.2, 0.25) is 0 Å². The first kappa shape index (κ1) is 13.8. The first-order chi connectivity index (χ1) is 11.3. The fourth-order valence-electron chi connectivity index (χ4n) is 3.07. The van der Waals surface area contributed by atoms with Crippen LogP contribution in [0, 0.1) is 11.3 Å². The Hall–Kier alpha value is -2.84. The smallest absolute Gasteiger partial charge is 0.0992 e. The summed E-state index contributed by atoms with van der Waals surface area (Å²) in [5, 5.41) is 15.9. The van der Waals surface area contributed by atoms with E-state index in [-0.39, 0.29) is 0 Å². The van der Waals surface area contributed by atoms with Gasteiger partial charge < -0.3 is 15.5 Å². The predicted octanol–water partition coefficient (Wildman–Crippen LogP) is 2.78. The van der Waals surface area contributed by atoms with Crippen molar-refractivity contribution in [3.8, 4) is 6.07 Å². The molecule has 1 fully saturated rings. The first-order valence-corrected chi connectivity index (χ1v) is 7.79. The lowest BCUT2D eigenvalue weighted by atomic mass is 10.1. The van der Waals surface area contributed by atoms with Crippen molar-refractivity contribution in [2.75, 3.05) is 36.4 Å². The molecule has 0 aromatic heterocycles. The number of rotatable bonds is 1. The van der Waals surface area contributed by atoms with Gasteiger partial charge in [0.15, 0.2) is 0 Å². The van der Waals surface area contributed by atoms with Crippen molar-refractivity contribution in [1.82, 2.24) is 5.32 Å². The van der Waals surface area contributed by atoms with Gasteiger partial charge in [-0.3, -0.25) is 4.99 Å². The molecular formula is C18H17N5. The zero-order chi connectivity index (χ0) is 15.6. The maximum absolute atomic E-state index is 9.06. The van der Waals surface area contributed by atoms with Crippen LogP contribution in [0.25, 0.3) is 0 Å². The SMILES string of the molecule is N#Cc1ccc2c(c1)N=Cc1c(cccc1N1CCNCC1)N2. The Morgan fingerprint density at radius 1 is 1.09 bits per heavy atom. The normalized spacial score (nSPS) is 15.9. The highest BCUT2D eigenvalue weighted by atomic mass is 15.2. The van der Waals surface area contributed by atoms with Gasteiger partial charge >= 0.3 is 0 Å². The molecule has 0 saturated carbocycles. The van der Waals surface area contributed by atoms with Gasteiger partial charge in [-0.2, -0.15) is 5.26 Å². The van der Waals surface area contributed by atoms with E-state index in [0.717, 1.165) is 48.8 Å². The molecule has 2 N–H and O–H groups in total. The highest BCUT2D eigenvalue weighted by Gasteiger charge is 2.18. The Balaban J connectivity index is 1.77. The van der Waals surface area contributed by atoms with Gasteiger partial charge in [-0.25, -0.2) is 0 Å². The van der Waals surface area contributed by atoms with Gasteiger partial charge in [-0.15, -0.1) is 0 Å². The van der Waals surface area contributed by atoms with E-state index in [2.05, 4.69) is 44.8 Å². The molecule has 2 aliphatic rings. The third-order valence-electron chi connectivity index (χ3n) is 4.27. The summed E-state index contributed by atoms with van der Waals surface area (Å²) in [5.74, 6) is 0. The van der Waals surface area contributed by atoms with E-state index in [0.29, 0.717) is 5.56 Å². The lowest BCUT2D eigenvalue weighted by Crippen LogP contribution is -2.43. The van der Waals surface area contributed by atoms with Crippen molar-refractivity contribution in [2.45, 2.75) is 0 Å². The van der Waals surface area contributed by atoms with E-state index >= 15 is 0 Å². The molecule has 0 radical (unpaired) electrons. The van der Waals surface area contributed by atoms with E-state index in [1.165, 1.54) is 5.69 Å². The minimum atomic E-state index is 0.621. The van der Waals surface area contributed by atoms with Crippen molar-refractivity contribution in [2.24, 2.45) is 4.99 Å². The van der Waals surface area contributed by atoms with Crippen LogP contribution in [-0.4, -0.2) is 32.4 Å². The molecule has 2 aromatic carbocycles. The van der Waals surface area contributed by atoms with Crippen LogP contribution >= 0.6 is 0 Å². The number of nitriles is 1. The van der Waals surface area contributed by atoms with Crippen LogP contribution in [0.5, 0.6) is 0 Å². The lowest BCUT2D eigenvalue weighted by Gasteiger charge is -2.31. The molecule has 0 unspecified atom stereocenters. The minimum absolute atomic E-state index is 0.621. The van der Waals surface area contributed by atoms with Crippen molar-refractivity contribution in [3.63, 3.8) is 0 Å². The monoisotopic (exact) mass is 303 g/mol. The van der Waals surface area contributed by atoms with Crippen LogP contribution < -0.4 is 15.5 Å². The third kappa shape index (κ3) is 2.54. The van der Waals surface area contributed by atoms with Gasteiger partial charge in [0, 0.05) is 49.3 Å². The maximum atomic E-state index is 9.06. The summed E-state index contributed by atoms with van der Waals surface area (Å²) in [4.78, 5) is 7.00. The van der Waals surface area contributed by atoms with E-state index < -0.39 is 0 Å². The highest BCUT2D eigenvalue weighted by molar-refractivity contribution is 6.00. The average Bonchev–Trinajstić information content (AvgIpc) is 2.80. The molecule has 0 amide bonds. The summed E-state index contributed by atoms with van der Waals surface area (Å²) in [6.07, 6.45) is 1.91. The van der Waals surface area contributed by atoms with Gasteiger partial charge in [0.2, 0.25) is 0 Å². The fourth-order valence-corrected chi connectivity index (χ4v) is 3.07. The molecule has 23 heavy (non-hydrogen) atoms. The topological polar surface area (TPSA) is 63.5 Å². The second kappa shape index (κ2) is 5.75. The zero-order valence-corrected chi connectivity index (χ0v) is 12.7. The molecule has 114 valence electrons. The molecule has 0 aliphatic carbocycles. The van der Waals surface area contributed by atoms with Crippen LogP contribution in [0.15, 0.2) is 41.4 Å². The second-order valence-electron chi connectivity index (χ2n) is 5.70. The fraction of sp³-hybridized carbons (Fsp3) is 0.222. The van der Waals surface area contributed by atoms with Crippen LogP contribution in [-0.2, 0) is 0 Å². The van der Waals surface area contributed by atoms with E-state index in [1.807, 2.05) is 24.4 Å².